The summed E-state index contributed by atoms with van der Waals surface area (Å²) in [5, 5.41) is 16.2. The fourth-order valence-corrected chi connectivity index (χ4v) is 2.03. The van der Waals surface area contributed by atoms with Crippen molar-refractivity contribution in [1.29, 1.82) is 5.26 Å². The molecule has 3 N–H and O–H groups in total. The first-order valence-electron chi connectivity index (χ1n) is 4.56. The summed E-state index contributed by atoms with van der Waals surface area (Å²) >= 11 is 1.33. The highest BCUT2D eigenvalue weighted by Gasteiger charge is 2.08. The van der Waals surface area contributed by atoms with Crippen LogP contribution in [-0.2, 0) is 0 Å². The molecule has 1 aromatic carbocycles. The molecule has 0 aliphatic heterocycles. The second-order valence-corrected chi connectivity index (χ2v) is 4.14. The van der Waals surface area contributed by atoms with Crippen molar-refractivity contribution in [1.82, 2.24) is 15.2 Å². The van der Waals surface area contributed by atoms with E-state index in [0.717, 1.165) is 10.7 Å². The molecular formula is C10H9N5S. The molecule has 0 saturated carbocycles. The number of benzene rings is 1. The minimum Gasteiger partial charge on any atom is -0.397 e. The lowest BCUT2D eigenvalue weighted by Crippen LogP contribution is -1.93. The first kappa shape index (κ1) is 10.5. The lowest BCUT2D eigenvalue weighted by molar-refractivity contribution is 0.969. The number of nitrogens with zero attached hydrogens (tertiary/aromatic N) is 3. The Bertz CT molecular complexity index is 555. The van der Waals surface area contributed by atoms with E-state index in [0.29, 0.717) is 16.4 Å². The fourth-order valence-electron chi connectivity index (χ4n) is 1.20. The number of nitrogen functional groups attached to an aromatic ring is 1. The number of aryl methyl sites for hydroxylation is 1. The molecule has 0 aliphatic rings. The van der Waals surface area contributed by atoms with Crippen LogP contribution in [0.4, 0.5) is 5.69 Å². The molecule has 0 radical (unpaired) electrons. The number of nitrogens with two attached hydrogens (primary N) is 1. The maximum Gasteiger partial charge on any atom is 0.213 e. The number of rotatable bonds is 2. The third-order valence-electron chi connectivity index (χ3n) is 1.96. The van der Waals surface area contributed by atoms with Crippen molar-refractivity contribution in [3.63, 3.8) is 0 Å². The summed E-state index contributed by atoms with van der Waals surface area (Å²) in [6, 6.07) is 7.35. The van der Waals surface area contributed by atoms with Crippen molar-refractivity contribution in [2.45, 2.75) is 17.0 Å². The molecule has 0 amide bonds. The Hall–Kier alpha value is -2.00. The van der Waals surface area contributed by atoms with Crippen LogP contribution >= 0.6 is 11.8 Å². The number of hydrogen-bond acceptors (Lipinski definition) is 5. The van der Waals surface area contributed by atoms with Gasteiger partial charge in [0, 0.05) is 4.90 Å². The number of anilines is 1. The summed E-state index contributed by atoms with van der Waals surface area (Å²) in [6.07, 6.45) is 0. The molecule has 0 fully saturated rings. The number of para-hydroxylation sites is 1. The van der Waals surface area contributed by atoms with E-state index in [1.54, 1.807) is 12.1 Å². The van der Waals surface area contributed by atoms with Gasteiger partial charge in [-0.05, 0) is 30.8 Å². The predicted molar refractivity (Wildman–Crippen MR) is 60.8 cm³/mol. The standard InChI is InChI=1S/C10H9N5S/c1-6-13-10(15-14-6)16-8-4-2-3-7(5-11)9(8)12/h2-4H,12H2,1H3,(H,13,14,15). The zero-order valence-electron chi connectivity index (χ0n) is 8.56. The van der Waals surface area contributed by atoms with Crippen LogP contribution in [0.15, 0.2) is 28.3 Å². The van der Waals surface area contributed by atoms with Crippen LogP contribution < -0.4 is 5.73 Å². The molecule has 0 spiro atoms. The Labute approximate surface area is 96.7 Å². The normalized spacial score (nSPS) is 10.0. The van der Waals surface area contributed by atoms with E-state index < -0.39 is 0 Å². The second-order valence-electron chi connectivity index (χ2n) is 3.13. The molecule has 2 rings (SSSR count). The molecule has 0 atom stereocenters. The SMILES string of the molecule is Cc1nc(Sc2cccc(C#N)c2N)n[nH]1. The molecule has 0 bridgehead atoms. The summed E-state index contributed by atoms with van der Waals surface area (Å²) in [7, 11) is 0. The highest BCUT2D eigenvalue weighted by molar-refractivity contribution is 7.99. The van der Waals surface area contributed by atoms with Gasteiger partial charge in [-0.15, -0.1) is 5.10 Å². The first-order valence-corrected chi connectivity index (χ1v) is 5.38. The molecule has 2 aromatic rings. The summed E-state index contributed by atoms with van der Waals surface area (Å²) in [5.41, 5.74) is 6.78. The predicted octanol–water partition coefficient (Wildman–Crippen LogP) is 1.72. The lowest BCUT2D eigenvalue weighted by Gasteiger charge is -2.03. The molecule has 16 heavy (non-hydrogen) atoms. The molecule has 80 valence electrons. The van der Waals surface area contributed by atoms with Gasteiger partial charge in [0.05, 0.1) is 11.3 Å². The van der Waals surface area contributed by atoms with Gasteiger partial charge in [0.1, 0.15) is 11.9 Å². The monoisotopic (exact) mass is 231 g/mol. The quantitative estimate of drug-likeness (QED) is 0.768. The highest BCUT2D eigenvalue weighted by Crippen LogP contribution is 2.31. The third kappa shape index (κ3) is 1.99. The van der Waals surface area contributed by atoms with Crippen LogP contribution in [0, 0.1) is 18.3 Å². The van der Waals surface area contributed by atoms with E-state index in [1.807, 2.05) is 19.1 Å². The Morgan fingerprint density at radius 2 is 2.31 bits per heavy atom. The highest BCUT2D eigenvalue weighted by atomic mass is 32.2. The maximum absolute atomic E-state index is 8.84. The van der Waals surface area contributed by atoms with E-state index in [4.69, 9.17) is 11.0 Å². The van der Waals surface area contributed by atoms with Crippen molar-refractivity contribution in [3.8, 4) is 6.07 Å². The van der Waals surface area contributed by atoms with Crippen molar-refractivity contribution < 1.29 is 0 Å². The van der Waals surface area contributed by atoms with Gasteiger partial charge in [-0.3, -0.25) is 5.10 Å². The van der Waals surface area contributed by atoms with E-state index in [2.05, 4.69) is 15.2 Å². The molecule has 5 nitrogen and oxygen atoms in total. The Balaban J connectivity index is 2.32. The van der Waals surface area contributed by atoms with Crippen LogP contribution in [0.1, 0.15) is 11.4 Å². The Kier molecular flexibility index (Phi) is 2.79. The fraction of sp³-hybridized carbons (Fsp3) is 0.100. The molecule has 0 saturated heterocycles. The third-order valence-corrected chi connectivity index (χ3v) is 2.91. The van der Waals surface area contributed by atoms with E-state index in [1.165, 1.54) is 11.8 Å². The van der Waals surface area contributed by atoms with E-state index >= 15 is 0 Å². The molecule has 6 heteroatoms. The summed E-state index contributed by atoms with van der Waals surface area (Å²) in [5.74, 6) is 0.748. The Morgan fingerprint density at radius 1 is 1.50 bits per heavy atom. The topological polar surface area (TPSA) is 91.4 Å². The van der Waals surface area contributed by atoms with Crippen LogP contribution in [-0.4, -0.2) is 15.2 Å². The Morgan fingerprint density at radius 3 is 2.94 bits per heavy atom. The number of nitriles is 1. The number of H-pyrrole nitrogens is 1. The van der Waals surface area contributed by atoms with Gasteiger partial charge in [0.15, 0.2) is 0 Å². The van der Waals surface area contributed by atoms with Crippen molar-refractivity contribution in [2.24, 2.45) is 0 Å². The van der Waals surface area contributed by atoms with Gasteiger partial charge >= 0.3 is 0 Å². The van der Waals surface area contributed by atoms with Crippen LogP contribution in [0.2, 0.25) is 0 Å². The second kappa shape index (κ2) is 4.24. The van der Waals surface area contributed by atoms with E-state index in [-0.39, 0.29) is 0 Å². The first-order chi connectivity index (χ1) is 7.70. The van der Waals surface area contributed by atoms with Gasteiger partial charge < -0.3 is 5.73 Å². The summed E-state index contributed by atoms with van der Waals surface area (Å²) < 4.78 is 0. The van der Waals surface area contributed by atoms with Gasteiger partial charge in [0.2, 0.25) is 5.16 Å². The molecule has 0 aliphatic carbocycles. The van der Waals surface area contributed by atoms with Crippen molar-refractivity contribution in [3.05, 3.63) is 29.6 Å². The van der Waals surface area contributed by atoms with Crippen molar-refractivity contribution in [2.75, 3.05) is 5.73 Å². The largest absolute Gasteiger partial charge is 0.397 e. The summed E-state index contributed by atoms with van der Waals surface area (Å²) in [6.45, 7) is 1.83. The zero-order chi connectivity index (χ0) is 11.5. The molecule has 0 unspecified atom stereocenters. The summed E-state index contributed by atoms with van der Waals surface area (Å²) in [4.78, 5) is 4.95. The van der Waals surface area contributed by atoms with Crippen molar-refractivity contribution >= 4 is 17.4 Å². The molecule has 1 aromatic heterocycles. The number of nitrogens with one attached hydrogen (secondary N) is 1. The van der Waals surface area contributed by atoms with Gasteiger partial charge in [-0.2, -0.15) is 5.26 Å². The van der Waals surface area contributed by atoms with E-state index in [9.17, 15) is 0 Å². The van der Waals surface area contributed by atoms with Crippen LogP contribution in [0.3, 0.4) is 0 Å². The number of aromatic amines is 1. The van der Waals surface area contributed by atoms with Crippen LogP contribution in [0.25, 0.3) is 0 Å². The minimum absolute atomic E-state index is 0.470. The maximum atomic E-state index is 8.84. The van der Waals surface area contributed by atoms with Gasteiger partial charge in [0.25, 0.3) is 0 Å². The molecule has 1 heterocycles. The van der Waals surface area contributed by atoms with Gasteiger partial charge in [-0.25, -0.2) is 4.98 Å². The number of aromatic nitrogens is 3. The average Bonchev–Trinajstić information content (AvgIpc) is 2.67. The van der Waals surface area contributed by atoms with Crippen LogP contribution in [0.5, 0.6) is 0 Å². The lowest BCUT2D eigenvalue weighted by atomic mass is 10.2. The average molecular weight is 231 g/mol. The minimum atomic E-state index is 0.470. The zero-order valence-corrected chi connectivity index (χ0v) is 9.38. The number of hydrogen-bond donors (Lipinski definition) is 2. The van der Waals surface area contributed by atoms with Gasteiger partial charge in [-0.1, -0.05) is 6.07 Å². The molecular weight excluding hydrogens is 222 g/mol. The smallest absolute Gasteiger partial charge is 0.213 e.